The molecule has 0 heterocycles. The smallest absolute Gasteiger partial charge is 0.143 e. The van der Waals surface area contributed by atoms with Crippen molar-refractivity contribution in [3.05, 3.63) is 0 Å². The molecule has 0 bridgehead atoms. The molecule has 0 aliphatic heterocycles. The van der Waals surface area contributed by atoms with E-state index in [1.165, 1.54) is 122 Å². The number of hydrogen-bond acceptors (Lipinski definition) is 5. The maximum absolute atomic E-state index is 12.6. The number of carbonyl (C=O) groups excluding carboxylic acids is 1. The van der Waals surface area contributed by atoms with E-state index in [4.69, 9.17) is 5.73 Å². The molecule has 0 radical (unpaired) electrons. The summed E-state index contributed by atoms with van der Waals surface area (Å²) in [5.41, 5.74) is 5.52. The number of Topliss-reactive ketones (excluding diaryl/α,β-unsaturated/α-hetero) is 1. The van der Waals surface area contributed by atoms with E-state index >= 15 is 0 Å². The summed E-state index contributed by atoms with van der Waals surface area (Å²) in [5, 5.41) is 30.5. The van der Waals surface area contributed by atoms with Gasteiger partial charge >= 0.3 is 0 Å². The van der Waals surface area contributed by atoms with Crippen molar-refractivity contribution in [1.82, 2.24) is 0 Å². The van der Waals surface area contributed by atoms with Crippen LogP contribution in [0, 0.1) is 5.92 Å². The van der Waals surface area contributed by atoms with Gasteiger partial charge in [0.2, 0.25) is 0 Å². The van der Waals surface area contributed by atoms with E-state index in [1.807, 2.05) is 0 Å². The molecule has 0 amide bonds. The Labute approximate surface area is 243 Å². The third-order valence-electron chi connectivity index (χ3n) is 8.36. The Kier molecular flexibility index (Phi) is 30.1. The second-order valence-electron chi connectivity index (χ2n) is 12.2. The summed E-state index contributed by atoms with van der Waals surface area (Å²) in [6.07, 6.45) is 29.8. The zero-order chi connectivity index (χ0) is 28.8. The first kappa shape index (κ1) is 38.5. The zero-order valence-corrected chi connectivity index (χ0v) is 26.1. The lowest BCUT2D eigenvalue weighted by molar-refractivity contribution is -0.130. The lowest BCUT2D eigenvalue weighted by Crippen LogP contribution is -2.33. The van der Waals surface area contributed by atoms with Crippen LogP contribution in [0.3, 0.4) is 0 Å². The first-order valence-corrected chi connectivity index (χ1v) is 17.3. The van der Waals surface area contributed by atoms with Crippen molar-refractivity contribution in [3.63, 3.8) is 0 Å². The Morgan fingerprint density at radius 3 is 1.31 bits per heavy atom. The van der Waals surface area contributed by atoms with Gasteiger partial charge in [-0.1, -0.05) is 155 Å². The second-order valence-corrected chi connectivity index (χ2v) is 12.2. The number of aliphatic hydroxyl groups is 3. The molecule has 0 aromatic carbocycles. The van der Waals surface area contributed by atoms with Gasteiger partial charge in [-0.3, -0.25) is 4.79 Å². The highest BCUT2D eigenvalue weighted by molar-refractivity contribution is 5.82. The lowest BCUT2D eigenvalue weighted by atomic mass is 9.90. The minimum Gasteiger partial charge on any atom is -0.396 e. The van der Waals surface area contributed by atoms with Gasteiger partial charge in [-0.15, -0.1) is 0 Å². The van der Waals surface area contributed by atoms with E-state index in [0.717, 1.165) is 38.6 Å². The number of carbonyl (C=O) groups is 1. The molecule has 39 heavy (non-hydrogen) atoms. The monoisotopic (exact) mass is 556 g/mol. The van der Waals surface area contributed by atoms with Gasteiger partial charge < -0.3 is 21.1 Å². The van der Waals surface area contributed by atoms with Crippen molar-refractivity contribution in [1.29, 1.82) is 0 Å². The largest absolute Gasteiger partial charge is 0.396 e. The molecule has 0 rings (SSSR count). The first-order chi connectivity index (χ1) is 19.1. The van der Waals surface area contributed by atoms with Gasteiger partial charge in [0.05, 0.1) is 24.7 Å². The van der Waals surface area contributed by atoms with Gasteiger partial charge in [0.25, 0.3) is 0 Å². The minimum absolute atomic E-state index is 0.0494. The van der Waals surface area contributed by atoms with Gasteiger partial charge in [0, 0.05) is 6.42 Å². The van der Waals surface area contributed by atoms with Crippen molar-refractivity contribution in [2.24, 2.45) is 11.7 Å². The quantitative estimate of drug-likeness (QED) is 0.0624. The van der Waals surface area contributed by atoms with Crippen molar-refractivity contribution in [2.45, 2.75) is 192 Å². The molecule has 5 nitrogen and oxygen atoms in total. The third kappa shape index (κ3) is 26.2. The van der Waals surface area contributed by atoms with E-state index in [0.29, 0.717) is 12.8 Å². The van der Waals surface area contributed by atoms with Crippen LogP contribution >= 0.6 is 0 Å². The Bertz CT molecular complexity index is 502. The van der Waals surface area contributed by atoms with Crippen LogP contribution in [0.4, 0.5) is 0 Å². The molecular formula is C34H69NO4. The van der Waals surface area contributed by atoms with E-state index in [2.05, 4.69) is 6.92 Å². The predicted molar refractivity (Wildman–Crippen MR) is 167 cm³/mol. The molecule has 0 saturated carbocycles. The molecule has 3 atom stereocenters. The number of rotatable bonds is 32. The average Bonchev–Trinajstić information content (AvgIpc) is 2.92. The SMILES string of the molecule is CCCCCCCCCCCCCC(O)CC(=O)C(CO)C(O)CCCCCCCCCCCCCCCN. The highest BCUT2D eigenvalue weighted by atomic mass is 16.3. The summed E-state index contributed by atoms with van der Waals surface area (Å²) in [4.78, 5) is 12.6. The maximum Gasteiger partial charge on any atom is 0.143 e. The van der Waals surface area contributed by atoms with Crippen LogP contribution in [0.25, 0.3) is 0 Å². The molecule has 5 N–H and O–H groups in total. The number of nitrogens with two attached hydrogens (primary N) is 1. The molecule has 5 heteroatoms. The molecule has 0 fully saturated rings. The van der Waals surface area contributed by atoms with Crippen LogP contribution in [0.15, 0.2) is 0 Å². The Morgan fingerprint density at radius 2 is 0.923 bits per heavy atom. The lowest BCUT2D eigenvalue weighted by Gasteiger charge is -2.21. The first-order valence-electron chi connectivity index (χ1n) is 17.3. The fraction of sp³-hybridized carbons (Fsp3) is 0.971. The van der Waals surface area contributed by atoms with Gasteiger partial charge in [-0.25, -0.2) is 0 Å². The van der Waals surface area contributed by atoms with E-state index in [9.17, 15) is 20.1 Å². The third-order valence-corrected chi connectivity index (χ3v) is 8.36. The summed E-state index contributed by atoms with van der Waals surface area (Å²) in [5.74, 6) is -0.952. The highest BCUT2D eigenvalue weighted by Gasteiger charge is 2.27. The highest BCUT2D eigenvalue weighted by Crippen LogP contribution is 2.19. The van der Waals surface area contributed by atoms with E-state index in [-0.39, 0.29) is 18.8 Å². The van der Waals surface area contributed by atoms with Crippen molar-refractivity contribution in [2.75, 3.05) is 13.2 Å². The average molecular weight is 556 g/mol. The topological polar surface area (TPSA) is 104 Å². The van der Waals surface area contributed by atoms with Gasteiger partial charge in [0.15, 0.2) is 0 Å². The number of aliphatic hydroxyl groups excluding tert-OH is 3. The van der Waals surface area contributed by atoms with Crippen LogP contribution < -0.4 is 5.73 Å². The van der Waals surface area contributed by atoms with Gasteiger partial charge in [-0.05, 0) is 25.8 Å². The summed E-state index contributed by atoms with van der Waals surface area (Å²) < 4.78 is 0. The van der Waals surface area contributed by atoms with Crippen LogP contribution in [0.1, 0.15) is 180 Å². The molecule has 3 unspecified atom stereocenters. The molecule has 0 aliphatic carbocycles. The fourth-order valence-electron chi connectivity index (χ4n) is 5.61. The molecular weight excluding hydrogens is 486 g/mol. The van der Waals surface area contributed by atoms with Crippen molar-refractivity contribution in [3.8, 4) is 0 Å². The molecule has 0 aliphatic rings. The molecule has 0 spiro atoms. The fourth-order valence-corrected chi connectivity index (χ4v) is 5.61. The molecule has 0 aromatic heterocycles. The summed E-state index contributed by atoms with van der Waals surface area (Å²) >= 11 is 0. The maximum atomic E-state index is 12.6. The van der Waals surface area contributed by atoms with Crippen LogP contribution in [-0.4, -0.2) is 46.5 Å². The second kappa shape index (κ2) is 30.5. The molecule has 0 aromatic rings. The summed E-state index contributed by atoms with van der Waals surface area (Å²) in [6.45, 7) is 2.74. The summed E-state index contributed by atoms with van der Waals surface area (Å²) in [7, 11) is 0. The van der Waals surface area contributed by atoms with Crippen molar-refractivity contribution < 1.29 is 20.1 Å². The molecule has 234 valence electrons. The van der Waals surface area contributed by atoms with Crippen LogP contribution in [0.2, 0.25) is 0 Å². The summed E-state index contributed by atoms with van der Waals surface area (Å²) in [6, 6.07) is 0. The number of hydrogen-bond donors (Lipinski definition) is 4. The van der Waals surface area contributed by atoms with E-state index < -0.39 is 18.1 Å². The molecule has 0 saturated heterocycles. The minimum atomic E-state index is -0.804. The standard InChI is InChI=1S/C34H69NO4/c1-2-3-4-5-6-7-11-14-17-20-23-26-31(37)29-34(39)32(30-36)33(38)27-24-21-18-15-12-9-8-10-13-16-19-22-25-28-35/h31-33,36-38H,2-30,35H2,1H3. The van der Waals surface area contributed by atoms with E-state index in [1.54, 1.807) is 0 Å². The Morgan fingerprint density at radius 1 is 0.564 bits per heavy atom. The number of unbranched alkanes of at least 4 members (excludes halogenated alkanes) is 22. The zero-order valence-electron chi connectivity index (χ0n) is 26.1. The van der Waals surface area contributed by atoms with Crippen LogP contribution in [-0.2, 0) is 4.79 Å². The van der Waals surface area contributed by atoms with Gasteiger partial charge in [-0.2, -0.15) is 0 Å². The number of ketones is 1. The van der Waals surface area contributed by atoms with Crippen LogP contribution in [0.5, 0.6) is 0 Å². The normalized spacial score (nSPS) is 14.0. The van der Waals surface area contributed by atoms with Crippen molar-refractivity contribution >= 4 is 5.78 Å². The Balaban J connectivity index is 3.69. The Hall–Kier alpha value is -0.490. The van der Waals surface area contributed by atoms with Gasteiger partial charge in [0.1, 0.15) is 5.78 Å². The predicted octanol–water partition coefficient (Wildman–Crippen LogP) is 8.40.